The van der Waals surface area contributed by atoms with E-state index < -0.39 is 5.97 Å². The molecule has 1 N–H and O–H groups in total. The van der Waals surface area contributed by atoms with E-state index in [2.05, 4.69) is 15.4 Å². The first-order valence-corrected chi connectivity index (χ1v) is 7.38. The van der Waals surface area contributed by atoms with Gasteiger partial charge in [-0.3, -0.25) is 4.68 Å². The highest BCUT2D eigenvalue weighted by Crippen LogP contribution is 2.29. The van der Waals surface area contributed by atoms with Crippen molar-refractivity contribution in [2.45, 2.75) is 45.7 Å². The largest absolute Gasteiger partial charge is 0.476 e. The maximum Gasteiger partial charge on any atom is 0.358 e. The van der Waals surface area contributed by atoms with Gasteiger partial charge in [-0.15, -0.1) is 5.10 Å². The third-order valence-corrected chi connectivity index (χ3v) is 4.07. The van der Waals surface area contributed by atoms with Crippen LogP contribution in [0.1, 0.15) is 43.1 Å². The lowest BCUT2D eigenvalue weighted by Gasteiger charge is -2.10. The van der Waals surface area contributed by atoms with Crippen LogP contribution < -0.4 is 0 Å². The minimum Gasteiger partial charge on any atom is -0.476 e. The third kappa shape index (κ3) is 2.68. The summed E-state index contributed by atoms with van der Waals surface area (Å²) in [4.78, 5) is 11.4. The van der Waals surface area contributed by atoms with Gasteiger partial charge in [-0.05, 0) is 25.7 Å². The monoisotopic (exact) mass is 289 g/mol. The highest BCUT2D eigenvalue weighted by Gasteiger charge is 2.24. The van der Waals surface area contributed by atoms with Gasteiger partial charge in [0, 0.05) is 24.8 Å². The molecule has 1 aliphatic rings. The third-order valence-electron chi connectivity index (χ3n) is 4.07. The van der Waals surface area contributed by atoms with Crippen LogP contribution in [0.4, 0.5) is 0 Å². The summed E-state index contributed by atoms with van der Waals surface area (Å²) in [5.41, 5.74) is 1.33. The van der Waals surface area contributed by atoms with Crippen molar-refractivity contribution in [3.8, 4) is 11.3 Å². The van der Waals surface area contributed by atoms with Gasteiger partial charge >= 0.3 is 5.97 Å². The lowest BCUT2D eigenvalue weighted by atomic mass is 10.1. The van der Waals surface area contributed by atoms with Gasteiger partial charge in [0.1, 0.15) is 5.69 Å². The van der Waals surface area contributed by atoms with Crippen molar-refractivity contribution in [3.05, 3.63) is 18.1 Å². The first-order chi connectivity index (χ1) is 10.2. The number of rotatable bonds is 5. The van der Waals surface area contributed by atoms with E-state index in [4.69, 9.17) is 0 Å². The number of carboxylic acid groups (broad SMARTS) is 1. The second-order valence-electron chi connectivity index (χ2n) is 5.51. The quantitative estimate of drug-likeness (QED) is 0.910. The molecule has 0 aromatic carbocycles. The smallest absolute Gasteiger partial charge is 0.358 e. The number of hydrogen-bond donors (Lipinski definition) is 1. The fourth-order valence-corrected chi connectivity index (χ4v) is 2.97. The maximum atomic E-state index is 11.4. The molecule has 0 radical (unpaired) electrons. The summed E-state index contributed by atoms with van der Waals surface area (Å²) in [6.07, 6.45) is 8.37. The second-order valence-corrected chi connectivity index (χ2v) is 5.51. The number of carboxylic acids is 1. The zero-order valence-corrected chi connectivity index (χ0v) is 12.1. The summed E-state index contributed by atoms with van der Waals surface area (Å²) in [7, 11) is 0. The minimum absolute atomic E-state index is 0.00338. The Balaban J connectivity index is 1.97. The van der Waals surface area contributed by atoms with Crippen LogP contribution in [0.15, 0.2) is 12.4 Å². The molecule has 1 aliphatic carbocycles. The van der Waals surface area contributed by atoms with Gasteiger partial charge in [0.05, 0.1) is 6.20 Å². The highest BCUT2D eigenvalue weighted by molar-refractivity contribution is 5.92. The van der Waals surface area contributed by atoms with Gasteiger partial charge in [0.25, 0.3) is 0 Å². The first-order valence-electron chi connectivity index (χ1n) is 7.38. The van der Waals surface area contributed by atoms with Crippen molar-refractivity contribution in [1.82, 2.24) is 24.8 Å². The van der Waals surface area contributed by atoms with E-state index in [1.165, 1.54) is 25.7 Å². The Morgan fingerprint density at radius 2 is 2.19 bits per heavy atom. The number of aryl methyl sites for hydroxylation is 1. The van der Waals surface area contributed by atoms with Gasteiger partial charge < -0.3 is 5.11 Å². The normalized spacial score (nSPS) is 15.7. The summed E-state index contributed by atoms with van der Waals surface area (Å²) in [5.74, 6) is -0.486. The molecule has 0 bridgehead atoms. The van der Waals surface area contributed by atoms with Crippen LogP contribution in [0, 0.1) is 5.92 Å². The molecule has 0 amide bonds. The average Bonchev–Trinajstić information content (AvgIpc) is 3.18. The Kier molecular flexibility index (Phi) is 3.72. The molecular formula is C14H19N5O2. The lowest BCUT2D eigenvalue weighted by Crippen LogP contribution is -2.11. The van der Waals surface area contributed by atoms with Crippen LogP contribution in [0.3, 0.4) is 0 Å². The predicted octanol–water partition coefficient (Wildman–Crippen LogP) is 2.05. The van der Waals surface area contributed by atoms with Gasteiger partial charge in [0.2, 0.25) is 0 Å². The molecule has 2 heterocycles. The molecular weight excluding hydrogens is 270 g/mol. The van der Waals surface area contributed by atoms with Crippen LogP contribution in [-0.4, -0.2) is 35.9 Å². The van der Waals surface area contributed by atoms with Crippen molar-refractivity contribution in [2.75, 3.05) is 0 Å². The molecule has 0 spiro atoms. The number of nitrogens with zero attached hydrogens (tertiary/aromatic N) is 5. The predicted molar refractivity (Wildman–Crippen MR) is 75.8 cm³/mol. The van der Waals surface area contributed by atoms with Crippen molar-refractivity contribution < 1.29 is 9.90 Å². The molecule has 2 aromatic heterocycles. The summed E-state index contributed by atoms with van der Waals surface area (Å²) >= 11 is 0. The molecule has 0 aliphatic heterocycles. The van der Waals surface area contributed by atoms with Crippen LogP contribution >= 0.6 is 0 Å². The van der Waals surface area contributed by atoms with Crippen LogP contribution in [0.25, 0.3) is 11.3 Å². The van der Waals surface area contributed by atoms with Gasteiger partial charge in [-0.2, -0.15) is 5.10 Å². The van der Waals surface area contributed by atoms with Crippen molar-refractivity contribution in [1.29, 1.82) is 0 Å². The van der Waals surface area contributed by atoms with E-state index in [0.29, 0.717) is 11.6 Å². The Bertz CT molecular complexity index is 640. The van der Waals surface area contributed by atoms with Crippen LogP contribution in [0.5, 0.6) is 0 Å². The summed E-state index contributed by atoms with van der Waals surface area (Å²) in [5, 5.41) is 21.4. The van der Waals surface area contributed by atoms with E-state index in [-0.39, 0.29) is 5.69 Å². The van der Waals surface area contributed by atoms with Crippen molar-refractivity contribution in [2.24, 2.45) is 5.92 Å². The van der Waals surface area contributed by atoms with E-state index >= 15 is 0 Å². The van der Waals surface area contributed by atoms with Crippen LogP contribution in [0.2, 0.25) is 0 Å². The summed E-state index contributed by atoms with van der Waals surface area (Å²) in [6, 6.07) is 0. The van der Waals surface area contributed by atoms with Crippen molar-refractivity contribution in [3.63, 3.8) is 0 Å². The molecule has 2 aromatic rings. The number of hydrogen-bond acceptors (Lipinski definition) is 4. The van der Waals surface area contributed by atoms with Crippen molar-refractivity contribution >= 4 is 5.97 Å². The second kappa shape index (κ2) is 5.67. The Hall–Kier alpha value is -2.18. The molecule has 7 heteroatoms. The number of aromatic carboxylic acids is 1. The van der Waals surface area contributed by atoms with E-state index in [9.17, 15) is 9.90 Å². The number of aromatic nitrogens is 5. The van der Waals surface area contributed by atoms with E-state index in [1.54, 1.807) is 15.6 Å². The van der Waals surface area contributed by atoms with Gasteiger partial charge in [-0.1, -0.05) is 18.1 Å². The van der Waals surface area contributed by atoms with E-state index in [0.717, 1.165) is 18.7 Å². The molecule has 112 valence electrons. The zero-order chi connectivity index (χ0) is 14.8. The fourth-order valence-electron chi connectivity index (χ4n) is 2.97. The highest BCUT2D eigenvalue weighted by atomic mass is 16.4. The molecule has 0 atom stereocenters. The zero-order valence-electron chi connectivity index (χ0n) is 12.1. The molecule has 0 unspecified atom stereocenters. The van der Waals surface area contributed by atoms with Gasteiger partial charge in [-0.25, -0.2) is 9.48 Å². The molecule has 0 saturated heterocycles. The molecule has 1 saturated carbocycles. The average molecular weight is 289 g/mol. The summed E-state index contributed by atoms with van der Waals surface area (Å²) in [6.45, 7) is 3.46. The molecule has 21 heavy (non-hydrogen) atoms. The summed E-state index contributed by atoms with van der Waals surface area (Å²) < 4.78 is 3.50. The minimum atomic E-state index is -1.05. The molecule has 3 rings (SSSR count). The van der Waals surface area contributed by atoms with Gasteiger partial charge in [0.15, 0.2) is 5.69 Å². The first kappa shape index (κ1) is 13.8. The Labute approximate surface area is 122 Å². The lowest BCUT2D eigenvalue weighted by molar-refractivity contribution is 0.0691. The SMILES string of the molecule is CCn1cc(-c2c(C(=O)O)nnn2CC2CCCC2)cn1. The standard InChI is InChI=1S/C14H19N5O2/c1-2-18-9-11(7-15-18)13-12(14(20)21)16-17-19(13)8-10-5-3-4-6-10/h7,9-10H,2-6,8H2,1H3,(H,20,21). The number of carbonyl (C=O) groups is 1. The fraction of sp³-hybridized carbons (Fsp3) is 0.571. The molecule has 7 nitrogen and oxygen atoms in total. The maximum absolute atomic E-state index is 11.4. The van der Waals surface area contributed by atoms with Crippen LogP contribution in [-0.2, 0) is 13.1 Å². The molecule has 1 fully saturated rings. The topological polar surface area (TPSA) is 85.8 Å². The Morgan fingerprint density at radius 1 is 1.43 bits per heavy atom. The Morgan fingerprint density at radius 3 is 2.81 bits per heavy atom. The van der Waals surface area contributed by atoms with E-state index in [1.807, 2.05) is 13.1 Å².